The van der Waals surface area contributed by atoms with Crippen LogP contribution in [0.5, 0.6) is 11.5 Å². The largest absolute Gasteiger partial charge is 0.573 e. The van der Waals surface area contributed by atoms with Crippen molar-refractivity contribution >= 4 is 0 Å². The highest BCUT2D eigenvalue weighted by Gasteiger charge is 2.36. The first-order valence-electron chi connectivity index (χ1n) is 5.30. The van der Waals surface area contributed by atoms with Crippen molar-refractivity contribution in [2.75, 3.05) is 0 Å². The zero-order valence-corrected chi connectivity index (χ0v) is 10.2. The van der Waals surface area contributed by atoms with Gasteiger partial charge in [0.1, 0.15) is 0 Å². The SMILES string of the molecule is C=CC(C)c1ccc(OC(F)(F)F)c(OC(F)(F)F)c1. The Bertz CT molecular complexity index is 478. The van der Waals surface area contributed by atoms with Crippen LogP contribution in [0.4, 0.5) is 26.3 Å². The fourth-order valence-electron chi connectivity index (χ4n) is 1.36. The molecule has 0 N–H and O–H groups in total. The van der Waals surface area contributed by atoms with Crippen molar-refractivity contribution in [2.45, 2.75) is 25.6 Å². The Morgan fingerprint density at radius 1 is 1.00 bits per heavy atom. The molecule has 20 heavy (non-hydrogen) atoms. The van der Waals surface area contributed by atoms with Gasteiger partial charge in [0.15, 0.2) is 11.5 Å². The zero-order chi connectivity index (χ0) is 15.6. The number of halogens is 6. The van der Waals surface area contributed by atoms with Crippen LogP contribution in [0.15, 0.2) is 30.9 Å². The van der Waals surface area contributed by atoms with Crippen LogP contribution in [0.2, 0.25) is 0 Å². The Hall–Kier alpha value is -1.86. The molecular weight excluding hydrogens is 290 g/mol. The summed E-state index contributed by atoms with van der Waals surface area (Å²) >= 11 is 0. The first kappa shape index (κ1) is 16.2. The monoisotopic (exact) mass is 300 g/mol. The van der Waals surface area contributed by atoms with Crippen molar-refractivity contribution in [1.29, 1.82) is 0 Å². The molecule has 1 aromatic rings. The summed E-state index contributed by atoms with van der Waals surface area (Å²) in [7, 11) is 0. The second-order valence-corrected chi connectivity index (χ2v) is 3.83. The summed E-state index contributed by atoms with van der Waals surface area (Å²) in [6.45, 7) is 5.06. The second-order valence-electron chi connectivity index (χ2n) is 3.83. The number of benzene rings is 1. The minimum absolute atomic E-state index is 0.314. The first-order chi connectivity index (χ1) is 9.02. The highest BCUT2D eigenvalue weighted by Crippen LogP contribution is 2.37. The molecule has 8 heteroatoms. The second kappa shape index (κ2) is 5.64. The molecule has 112 valence electrons. The lowest BCUT2D eigenvalue weighted by molar-refractivity contribution is -0.287. The van der Waals surface area contributed by atoms with E-state index in [1.807, 2.05) is 0 Å². The molecule has 0 heterocycles. The molecule has 0 amide bonds. The molecule has 0 saturated heterocycles. The highest BCUT2D eigenvalue weighted by atomic mass is 19.4. The third kappa shape index (κ3) is 5.02. The van der Waals surface area contributed by atoms with E-state index in [0.29, 0.717) is 5.56 Å². The molecule has 1 atom stereocenters. The van der Waals surface area contributed by atoms with Gasteiger partial charge in [-0.05, 0) is 23.6 Å². The highest BCUT2D eigenvalue weighted by molar-refractivity contribution is 5.44. The maximum Gasteiger partial charge on any atom is 0.573 e. The minimum atomic E-state index is -5.13. The van der Waals surface area contributed by atoms with Gasteiger partial charge in [-0.1, -0.05) is 19.1 Å². The summed E-state index contributed by atoms with van der Waals surface area (Å²) in [5.41, 5.74) is 0.314. The molecule has 0 saturated carbocycles. The number of ether oxygens (including phenoxy) is 2. The summed E-state index contributed by atoms with van der Waals surface area (Å²) in [4.78, 5) is 0. The average molecular weight is 300 g/mol. The molecule has 1 unspecified atom stereocenters. The van der Waals surface area contributed by atoms with Gasteiger partial charge in [-0.3, -0.25) is 0 Å². The number of rotatable bonds is 4. The van der Waals surface area contributed by atoms with E-state index in [-0.39, 0.29) is 5.92 Å². The normalized spacial score (nSPS) is 13.8. The van der Waals surface area contributed by atoms with Crippen molar-refractivity contribution in [2.24, 2.45) is 0 Å². The lowest BCUT2D eigenvalue weighted by Gasteiger charge is -2.17. The molecule has 0 aliphatic rings. The van der Waals surface area contributed by atoms with Gasteiger partial charge in [0.05, 0.1) is 0 Å². The molecule has 0 aromatic heterocycles. The lowest BCUT2D eigenvalue weighted by atomic mass is 10.0. The van der Waals surface area contributed by atoms with Crippen LogP contribution in [-0.4, -0.2) is 12.7 Å². The van der Waals surface area contributed by atoms with E-state index in [1.54, 1.807) is 6.92 Å². The predicted octanol–water partition coefficient (Wildman–Crippen LogP) is 4.77. The van der Waals surface area contributed by atoms with Crippen LogP contribution in [0, 0.1) is 0 Å². The molecule has 0 spiro atoms. The van der Waals surface area contributed by atoms with Crippen molar-refractivity contribution in [1.82, 2.24) is 0 Å². The van der Waals surface area contributed by atoms with Crippen LogP contribution in [0.25, 0.3) is 0 Å². The number of alkyl halides is 6. The maximum atomic E-state index is 12.2. The van der Waals surface area contributed by atoms with Crippen LogP contribution in [0.3, 0.4) is 0 Å². The van der Waals surface area contributed by atoms with Gasteiger partial charge < -0.3 is 9.47 Å². The molecular formula is C12H10F6O2. The quantitative estimate of drug-likeness (QED) is 0.589. The third-order valence-corrected chi connectivity index (χ3v) is 2.30. The van der Waals surface area contributed by atoms with Crippen LogP contribution in [-0.2, 0) is 0 Å². The van der Waals surface area contributed by atoms with Gasteiger partial charge in [0.25, 0.3) is 0 Å². The van der Waals surface area contributed by atoms with E-state index in [1.165, 1.54) is 12.1 Å². The van der Waals surface area contributed by atoms with Crippen molar-refractivity contribution in [3.63, 3.8) is 0 Å². The Labute approximate surface area is 110 Å². The fourth-order valence-corrected chi connectivity index (χ4v) is 1.36. The molecule has 1 rings (SSSR count). The summed E-state index contributed by atoms with van der Waals surface area (Å²) in [5.74, 6) is -2.47. The summed E-state index contributed by atoms with van der Waals surface area (Å²) in [6.07, 6.45) is -8.81. The zero-order valence-electron chi connectivity index (χ0n) is 10.2. The summed E-state index contributed by atoms with van der Waals surface area (Å²) in [6, 6.07) is 2.81. The first-order valence-corrected chi connectivity index (χ1v) is 5.30. The van der Waals surface area contributed by atoms with Crippen LogP contribution < -0.4 is 9.47 Å². The molecule has 0 bridgehead atoms. The van der Waals surface area contributed by atoms with E-state index < -0.39 is 24.2 Å². The molecule has 0 aliphatic carbocycles. The average Bonchev–Trinajstić information content (AvgIpc) is 2.26. The molecule has 2 nitrogen and oxygen atoms in total. The fraction of sp³-hybridized carbons (Fsp3) is 0.333. The van der Waals surface area contributed by atoms with Crippen LogP contribution >= 0.6 is 0 Å². The maximum absolute atomic E-state index is 12.2. The van der Waals surface area contributed by atoms with Gasteiger partial charge in [-0.2, -0.15) is 0 Å². The Morgan fingerprint density at radius 3 is 1.95 bits per heavy atom. The minimum Gasteiger partial charge on any atom is -0.402 e. The lowest BCUT2D eigenvalue weighted by Crippen LogP contribution is -2.21. The smallest absolute Gasteiger partial charge is 0.402 e. The Kier molecular flexibility index (Phi) is 4.57. The summed E-state index contributed by atoms with van der Waals surface area (Å²) < 4.78 is 79.9. The van der Waals surface area contributed by atoms with Crippen LogP contribution in [0.1, 0.15) is 18.4 Å². The number of allylic oxidation sites excluding steroid dienone is 1. The predicted molar refractivity (Wildman–Crippen MR) is 58.4 cm³/mol. The van der Waals surface area contributed by atoms with Gasteiger partial charge in [0.2, 0.25) is 0 Å². The van der Waals surface area contributed by atoms with E-state index >= 15 is 0 Å². The molecule has 0 radical (unpaired) electrons. The van der Waals surface area contributed by atoms with E-state index in [9.17, 15) is 26.3 Å². The Morgan fingerprint density at radius 2 is 1.50 bits per heavy atom. The number of hydrogen-bond acceptors (Lipinski definition) is 2. The summed E-state index contributed by atoms with van der Waals surface area (Å²) in [5, 5.41) is 0. The van der Waals surface area contributed by atoms with E-state index in [4.69, 9.17) is 0 Å². The standard InChI is InChI=1S/C12H10F6O2/c1-3-7(2)8-4-5-9(19-11(13,14)15)10(6-8)20-12(16,17)18/h3-7H,1H2,2H3. The van der Waals surface area contributed by atoms with Gasteiger partial charge in [-0.25, -0.2) is 0 Å². The van der Waals surface area contributed by atoms with Crippen molar-refractivity contribution in [3.05, 3.63) is 36.4 Å². The van der Waals surface area contributed by atoms with Gasteiger partial charge in [0, 0.05) is 0 Å². The van der Waals surface area contributed by atoms with E-state index in [2.05, 4.69) is 16.1 Å². The number of hydrogen-bond donors (Lipinski definition) is 0. The molecule has 1 aromatic carbocycles. The van der Waals surface area contributed by atoms with Crippen molar-refractivity contribution < 1.29 is 35.8 Å². The topological polar surface area (TPSA) is 18.5 Å². The van der Waals surface area contributed by atoms with E-state index in [0.717, 1.165) is 12.1 Å². The third-order valence-electron chi connectivity index (χ3n) is 2.30. The molecule has 0 aliphatic heterocycles. The molecule has 0 fully saturated rings. The van der Waals surface area contributed by atoms with Crippen molar-refractivity contribution in [3.8, 4) is 11.5 Å². The van der Waals surface area contributed by atoms with Gasteiger partial charge >= 0.3 is 12.7 Å². The van der Waals surface area contributed by atoms with Gasteiger partial charge in [-0.15, -0.1) is 32.9 Å². The Balaban J connectivity index is 3.19.